The van der Waals surface area contributed by atoms with Gasteiger partial charge in [0, 0.05) is 16.3 Å². The minimum atomic E-state index is -0.445. The van der Waals surface area contributed by atoms with Gasteiger partial charge in [0.25, 0.3) is 0 Å². The molecule has 0 radical (unpaired) electrons. The molecule has 0 heterocycles. The van der Waals surface area contributed by atoms with Crippen molar-refractivity contribution in [3.05, 3.63) is 63.1 Å². The highest BCUT2D eigenvalue weighted by Crippen LogP contribution is 2.25. The lowest BCUT2D eigenvalue weighted by atomic mass is 10.2. The maximum Gasteiger partial charge on any atom is 0.339 e. The number of esters is 1. The lowest BCUT2D eigenvalue weighted by molar-refractivity contribution is 0.0472. The molecule has 0 aliphatic rings. The van der Waals surface area contributed by atoms with Crippen LogP contribution in [0.5, 0.6) is 0 Å². The quantitative estimate of drug-likeness (QED) is 0.677. The second-order valence-electron chi connectivity index (χ2n) is 3.88. The van der Waals surface area contributed by atoms with Crippen molar-refractivity contribution >= 4 is 39.2 Å². The van der Waals surface area contributed by atoms with Crippen LogP contribution in [-0.4, -0.2) is 5.97 Å². The zero-order valence-electron chi connectivity index (χ0n) is 9.90. The smallest absolute Gasteiger partial charge is 0.339 e. The number of ether oxygens (including phenoxy) is 1. The lowest BCUT2D eigenvalue weighted by Gasteiger charge is -2.08. The van der Waals surface area contributed by atoms with Crippen LogP contribution in [0.2, 0.25) is 5.02 Å². The van der Waals surface area contributed by atoms with E-state index in [2.05, 4.69) is 15.9 Å². The number of nitrogen functional groups attached to an aromatic ring is 1. The molecule has 0 bridgehead atoms. The van der Waals surface area contributed by atoms with E-state index in [1.807, 2.05) is 18.2 Å². The van der Waals surface area contributed by atoms with Gasteiger partial charge in [0.1, 0.15) is 6.61 Å². The third-order valence-corrected chi connectivity index (χ3v) is 3.82. The first-order chi connectivity index (χ1) is 9.09. The molecule has 19 heavy (non-hydrogen) atoms. The number of nitrogens with two attached hydrogens (primary N) is 1. The molecule has 0 saturated heterocycles. The summed E-state index contributed by atoms with van der Waals surface area (Å²) in [6.07, 6.45) is 0. The van der Waals surface area contributed by atoms with Crippen LogP contribution in [0.1, 0.15) is 15.9 Å². The molecule has 0 spiro atoms. The van der Waals surface area contributed by atoms with E-state index in [1.165, 1.54) is 0 Å². The Morgan fingerprint density at radius 1 is 1.21 bits per heavy atom. The van der Waals surface area contributed by atoms with Crippen molar-refractivity contribution in [3.63, 3.8) is 0 Å². The molecule has 0 fully saturated rings. The molecule has 2 aromatic rings. The summed E-state index contributed by atoms with van der Waals surface area (Å²) < 4.78 is 5.76. The van der Waals surface area contributed by atoms with Gasteiger partial charge in [-0.1, -0.05) is 35.9 Å². The van der Waals surface area contributed by atoms with E-state index >= 15 is 0 Å². The number of carbonyl (C=O) groups excluding carboxylic acids is 1. The molecule has 0 aromatic heterocycles. The first-order valence-electron chi connectivity index (χ1n) is 5.54. The van der Waals surface area contributed by atoms with E-state index in [4.69, 9.17) is 22.1 Å². The molecular formula is C14H11BrClNO2. The average Bonchev–Trinajstić information content (AvgIpc) is 2.40. The van der Waals surface area contributed by atoms with Crippen molar-refractivity contribution in [1.82, 2.24) is 0 Å². The van der Waals surface area contributed by atoms with Crippen molar-refractivity contribution < 1.29 is 9.53 Å². The third kappa shape index (κ3) is 3.28. The van der Waals surface area contributed by atoms with Gasteiger partial charge in [0.2, 0.25) is 0 Å². The summed E-state index contributed by atoms with van der Waals surface area (Å²) in [6.45, 7) is 0.125. The van der Waals surface area contributed by atoms with Crippen LogP contribution in [0.15, 0.2) is 46.9 Å². The zero-order valence-corrected chi connectivity index (χ0v) is 12.2. The Labute approximate surface area is 124 Å². The molecule has 2 aromatic carbocycles. The molecule has 0 aliphatic carbocycles. The Morgan fingerprint density at radius 3 is 2.68 bits per heavy atom. The number of halogens is 2. The van der Waals surface area contributed by atoms with Gasteiger partial charge in [-0.2, -0.15) is 0 Å². The SMILES string of the molecule is Nc1cccc(C(=O)OCc2ccccc2Cl)c1Br. The summed E-state index contributed by atoms with van der Waals surface area (Å²) in [5.74, 6) is -0.445. The van der Waals surface area contributed by atoms with Gasteiger partial charge in [-0.3, -0.25) is 0 Å². The minimum Gasteiger partial charge on any atom is -0.457 e. The van der Waals surface area contributed by atoms with Gasteiger partial charge >= 0.3 is 5.97 Å². The zero-order chi connectivity index (χ0) is 13.8. The highest BCUT2D eigenvalue weighted by molar-refractivity contribution is 9.10. The lowest BCUT2D eigenvalue weighted by Crippen LogP contribution is -2.07. The van der Waals surface area contributed by atoms with Crippen molar-refractivity contribution in [2.45, 2.75) is 6.61 Å². The largest absolute Gasteiger partial charge is 0.457 e. The van der Waals surface area contributed by atoms with Crippen LogP contribution in [-0.2, 0) is 11.3 Å². The van der Waals surface area contributed by atoms with E-state index in [0.29, 0.717) is 20.7 Å². The van der Waals surface area contributed by atoms with Crippen molar-refractivity contribution in [3.8, 4) is 0 Å². The van der Waals surface area contributed by atoms with Gasteiger partial charge < -0.3 is 10.5 Å². The maximum atomic E-state index is 12.0. The summed E-state index contributed by atoms with van der Waals surface area (Å²) in [4.78, 5) is 12.0. The topological polar surface area (TPSA) is 52.3 Å². The minimum absolute atomic E-state index is 0.125. The molecule has 98 valence electrons. The van der Waals surface area contributed by atoms with E-state index in [1.54, 1.807) is 24.3 Å². The van der Waals surface area contributed by atoms with Gasteiger partial charge in [-0.25, -0.2) is 4.79 Å². The second kappa shape index (κ2) is 6.08. The second-order valence-corrected chi connectivity index (χ2v) is 5.08. The van der Waals surface area contributed by atoms with E-state index in [-0.39, 0.29) is 6.61 Å². The Hall–Kier alpha value is -1.52. The number of rotatable bonds is 3. The van der Waals surface area contributed by atoms with Crippen molar-refractivity contribution in [2.75, 3.05) is 5.73 Å². The van der Waals surface area contributed by atoms with Crippen LogP contribution >= 0.6 is 27.5 Å². The van der Waals surface area contributed by atoms with Crippen LogP contribution in [0.25, 0.3) is 0 Å². The summed E-state index contributed by atoms with van der Waals surface area (Å²) >= 11 is 9.26. The molecule has 2 rings (SSSR count). The van der Waals surface area contributed by atoms with Gasteiger partial charge in [0.05, 0.1) is 10.0 Å². The summed E-state index contributed by atoms with van der Waals surface area (Å²) in [7, 11) is 0. The molecule has 3 nitrogen and oxygen atoms in total. The normalized spacial score (nSPS) is 10.2. The molecule has 0 atom stereocenters. The Kier molecular flexibility index (Phi) is 4.45. The first kappa shape index (κ1) is 13.9. The molecular weight excluding hydrogens is 330 g/mol. The molecule has 0 amide bonds. The fourth-order valence-electron chi connectivity index (χ4n) is 1.54. The van der Waals surface area contributed by atoms with E-state index < -0.39 is 5.97 Å². The van der Waals surface area contributed by atoms with Crippen LogP contribution < -0.4 is 5.73 Å². The number of hydrogen-bond donors (Lipinski definition) is 1. The molecule has 0 saturated carbocycles. The Balaban J connectivity index is 2.10. The average molecular weight is 341 g/mol. The highest BCUT2D eigenvalue weighted by atomic mass is 79.9. The first-order valence-corrected chi connectivity index (χ1v) is 6.71. The van der Waals surface area contributed by atoms with E-state index in [0.717, 1.165) is 5.56 Å². The van der Waals surface area contributed by atoms with Crippen LogP contribution in [0, 0.1) is 0 Å². The fraction of sp³-hybridized carbons (Fsp3) is 0.0714. The maximum absolute atomic E-state index is 12.0. The molecule has 2 N–H and O–H groups in total. The highest BCUT2D eigenvalue weighted by Gasteiger charge is 2.13. The number of hydrogen-bond acceptors (Lipinski definition) is 3. The number of carbonyl (C=O) groups is 1. The molecule has 5 heteroatoms. The van der Waals surface area contributed by atoms with Crippen molar-refractivity contribution in [1.29, 1.82) is 0 Å². The predicted octanol–water partition coefficient (Wildman–Crippen LogP) is 4.04. The van der Waals surface area contributed by atoms with Gasteiger partial charge in [0.15, 0.2) is 0 Å². The molecule has 0 aliphatic heterocycles. The fourth-order valence-corrected chi connectivity index (χ4v) is 2.16. The predicted molar refractivity (Wildman–Crippen MR) is 79.1 cm³/mol. The van der Waals surface area contributed by atoms with Crippen LogP contribution in [0.3, 0.4) is 0 Å². The standard InChI is InChI=1S/C14H11BrClNO2/c15-13-10(5-3-7-12(13)17)14(18)19-8-9-4-1-2-6-11(9)16/h1-7H,8,17H2. The third-order valence-electron chi connectivity index (χ3n) is 2.57. The number of anilines is 1. The van der Waals surface area contributed by atoms with Crippen LogP contribution in [0.4, 0.5) is 5.69 Å². The Morgan fingerprint density at radius 2 is 1.95 bits per heavy atom. The van der Waals surface area contributed by atoms with Gasteiger partial charge in [-0.15, -0.1) is 0 Å². The van der Waals surface area contributed by atoms with Gasteiger partial charge in [-0.05, 0) is 34.1 Å². The Bertz CT molecular complexity index is 616. The summed E-state index contributed by atoms with van der Waals surface area (Å²) in [5.41, 5.74) is 7.36. The van der Waals surface area contributed by atoms with Crippen molar-refractivity contribution in [2.24, 2.45) is 0 Å². The number of benzene rings is 2. The summed E-state index contributed by atoms with van der Waals surface area (Å²) in [6, 6.07) is 12.3. The summed E-state index contributed by atoms with van der Waals surface area (Å²) in [5, 5.41) is 0.571. The molecule has 0 unspecified atom stereocenters. The monoisotopic (exact) mass is 339 g/mol. The van der Waals surface area contributed by atoms with E-state index in [9.17, 15) is 4.79 Å².